The van der Waals surface area contributed by atoms with E-state index in [2.05, 4.69) is 30.5 Å². The SMILES string of the molecule is O=C(CCSc1nnc2c(n1)[nH]c1ccccc12)Nc1nc(-c2ccccc2Cl)cs1. The number of thiazole rings is 1. The summed E-state index contributed by atoms with van der Waals surface area (Å²) >= 11 is 8.97. The standard InChI is InChI=1S/C21H15ClN6OS2/c22-14-7-3-1-5-12(14)16-11-31-20(24-16)25-17(29)9-10-30-21-26-19-18(27-28-21)13-6-2-4-8-15(13)23-19/h1-8,11H,9-10H2,(H,23,26,28)(H,24,25,29). The molecular formula is C21H15ClN6OS2. The van der Waals surface area contributed by atoms with Gasteiger partial charge in [0.2, 0.25) is 11.1 Å². The number of aromatic amines is 1. The number of para-hydroxylation sites is 1. The average Bonchev–Trinajstić information content (AvgIpc) is 3.38. The molecule has 0 aliphatic carbocycles. The first-order valence-corrected chi connectivity index (χ1v) is 11.7. The van der Waals surface area contributed by atoms with Gasteiger partial charge in [-0.25, -0.2) is 9.97 Å². The number of benzene rings is 2. The lowest BCUT2D eigenvalue weighted by molar-refractivity contribution is -0.115. The van der Waals surface area contributed by atoms with E-state index in [0.717, 1.165) is 27.7 Å². The van der Waals surface area contributed by atoms with Gasteiger partial charge >= 0.3 is 0 Å². The molecule has 31 heavy (non-hydrogen) atoms. The monoisotopic (exact) mass is 466 g/mol. The second kappa shape index (κ2) is 8.62. The fraction of sp³-hybridized carbons (Fsp3) is 0.0952. The minimum Gasteiger partial charge on any atom is -0.338 e. The molecule has 0 saturated heterocycles. The van der Waals surface area contributed by atoms with Crippen LogP contribution in [0.3, 0.4) is 0 Å². The first-order valence-electron chi connectivity index (χ1n) is 9.41. The number of anilines is 1. The van der Waals surface area contributed by atoms with Crippen LogP contribution in [0.4, 0.5) is 5.13 Å². The highest BCUT2D eigenvalue weighted by Gasteiger charge is 2.12. The Morgan fingerprint density at radius 3 is 2.84 bits per heavy atom. The molecule has 0 aliphatic heterocycles. The number of rotatable bonds is 6. The largest absolute Gasteiger partial charge is 0.338 e. The van der Waals surface area contributed by atoms with Gasteiger partial charge in [0.25, 0.3) is 0 Å². The van der Waals surface area contributed by atoms with Gasteiger partial charge in [-0.3, -0.25) is 4.79 Å². The molecule has 10 heteroatoms. The quantitative estimate of drug-likeness (QED) is 0.325. The molecule has 0 radical (unpaired) electrons. The van der Waals surface area contributed by atoms with Gasteiger partial charge < -0.3 is 10.3 Å². The Morgan fingerprint density at radius 2 is 1.94 bits per heavy atom. The number of halogens is 1. The fourth-order valence-electron chi connectivity index (χ4n) is 3.11. The summed E-state index contributed by atoms with van der Waals surface area (Å²) in [6, 6.07) is 15.4. The Hall–Kier alpha value is -3.01. The number of fused-ring (bicyclic) bond motifs is 3. The van der Waals surface area contributed by atoms with Crippen LogP contribution in [0.1, 0.15) is 6.42 Å². The third-order valence-electron chi connectivity index (χ3n) is 4.56. The summed E-state index contributed by atoms with van der Waals surface area (Å²) in [5, 5.41) is 15.9. The number of carbonyl (C=O) groups excluding carboxylic acids is 1. The Bertz CT molecular complexity index is 1400. The average molecular weight is 467 g/mol. The minimum absolute atomic E-state index is 0.118. The smallest absolute Gasteiger partial charge is 0.226 e. The zero-order chi connectivity index (χ0) is 21.2. The van der Waals surface area contributed by atoms with Crippen molar-refractivity contribution in [1.29, 1.82) is 0 Å². The molecule has 0 saturated carbocycles. The van der Waals surface area contributed by atoms with E-state index in [1.165, 1.54) is 23.1 Å². The number of aromatic nitrogens is 5. The number of carbonyl (C=O) groups is 1. The minimum atomic E-state index is -0.118. The summed E-state index contributed by atoms with van der Waals surface area (Å²) < 4.78 is 0. The van der Waals surface area contributed by atoms with E-state index in [0.29, 0.717) is 33.1 Å². The van der Waals surface area contributed by atoms with Gasteiger partial charge in [-0.2, -0.15) is 0 Å². The highest BCUT2D eigenvalue weighted by molar-refractivity contribution is 7.99. The van der Waals surface area contributed by atoms with Crippen molar-refractivity contribution in [2.24, 2.45) is 0 Å². The second-order valence-corrected chi connectivity index (χ2v) is 8.95. The molecule has 0 unspecified atom stereocenters. The van der Waals surface area contributed by atoms with Crippen LogP contribution in [0.2, 0.25) is 5.02 Å². The maximum Gasteiger partial charge on any atom is 0.226 e. The van der Waals surface area contributed by atoms with E-state index < -0.39 is 0 Å². The van der Waals surface area contributed by atoms with Crippen molar-refractivity contribution in [3.63, 3.8) is 0 Å². The number of amides is 1. The number of nitrogens with zero attached hydrogens (tertiary/aromatic N) is 4. The maximum atomic E-state index is 12.3. The molecule has 3 aromatic heterocycles. The van der Waals surface area contributed by atoms with Crippen LogP contribution in [-0.4, -0.2) is 36.8 Å². The van der Waals surface area contributed by atoms with Crippen LogP contribution in [0, 0.1) is 0 Å². The zero-order valence-corrected chi connectivity index (χ0v) is 18.4. The van der Waals surface area contributed by atoms with Gasteiger partial charge in [-0.1, -0.05) is 59.8 Å². The fourth-order valence-corrected chi connectivity index (χ4v) is 4.79. The molecule has 0 bridgehead atoms. The molecule has 5 rings (SSSR count). The number of H-pyrrole nitrogens is 1. The molecule has 5 aromatic rings. The molecule has 0 fully saturated rings. The van der Waals surface area contributed by atoms with Gasteiger partial charge in [-0.05, 0) is 12.1 Å². The molecule has 1 amide bonds. The first-order chi connectivity index (χ1) is 15.2. The van der Waals surface area contributed by atoms with Gasteiger partial charge in [-0.15, -0.1) is 21.5 Å². The molecule has 154 valence electrons. The second-order valence-electron chi connectivity index (χ2n) is 6.63. The van der Waals surface area contributed by atoms with E-state index in [1.807, 2.05) is 53.9 Å². The number of hydrogen-bond acceptors (Lipinski definition) is 7. The summed E-state index contributed by atoms with van der Waals surface area (Å²) in [6.07, 6.45) is 0.305. The molecule has 0 atom stereocenters. The van der Waals surface area contributed by atoms with E-state index in [1.54, 1.807) is 0 Å². The van der Waals surface area contributed by atoms with Crippen LogP contribution in [0.15, 0.2) is 59.1 Å². The molecule has 7 nitrogen and oxygen atoms in total. The van der Waals surface area contributed by atoms with Crippen LogP contribution in [-0.2, 0) is 4.79 Å². The molecule has 0 spiro atoms. The Morgan fingerprint density at radius 1 is 1.10 bits per heavy atom. The predicted molar refractivity (Wildman–Crippen MR) is 126 cm³/mol. The van der Waals surface area contributed by atoms with Crippen molar-refractivity contribution >= 4 is 67.8 Å². The third-order valence-corrected chi connectivity index (χ3v) is 6.49. The lowest BCUT2D eigenvalue weighted by atomic mass is 10.2. The summed E-state index contributed by atoms with van der Waals surface area (Å²) in [4.78, 5) is 24.5. The lowest BCUT2D eigenvalue weighted by Gasteiger charge is -2.02. The first kappa shape index (κ1) is 19.9. The summed E-state index contributed by atoms with van der Waals surface area (Å²) in [7, 11) is 0. The number of nitrogens with one attached hydrogen (secondary N) is 2. The van der Waals surface area contributed by atoms with Crippen molar-refractivity contribution in [3.8, 4) is 11.3 Å². The predicted octanol–water partition coefficient (Wildman–Crippen LogP) is 5.40. The highest BCUT2D eigenvalue weighted by Crippen LogP contribution is 2.30. The van der Waals surface area contributed by atoms with Crippen molar-refractivity contribution in [1.82, 2.24) is 25.1 Å². The van der Waals surface area contributed by atoms with E-state index in [4.69, 9.17) is 11.6 Å². The highest BCUT2D eigenvalue weighted by atomic mass is 35.5. The Labute approximate surface area is 190 Å². The molecule has 3 heterocycles. The van der Waals surface area contributed by atoms with Gasteiger partial charge in [0.05, 0.1) is 5.69 Å². The van der Waals surface area contributed by atoms with E-state index >= 15 is 0 Å². The van der Waals surface area contributed by atoms with Crippen LogP contribution < -0.4 is 5.32 Å². The maximum absolute atomic E-state index is 12.3. The normalized spacial score (nSPS) is 11.3. The van der Waals surface area contributed by atoms with Gasteiger partial charge in [0.15, 0.2) is 10.8 Å². The van der Waals surface area contributed by atoms with Crippen LogP contribution in [0.25, 0.3) is 33.3 Å². The summed E-state index contributed by atoms with van der Waals surface area (Å²) in [5.41, 5.74) is 3.99. The number of hydrogen-bond donors (Lipinski definition) is 2. The van der Waals surface area contributed by atoms with Crippen LogP contribution in [0.5, 0.6) is 0 Å². The van der Waals surface area contributed by atoms with Gasteiger partial charge in [0.1, 0.15) is 5.52 Å². The molecule has 2 aromatic carbocycles. The van der Waals surface area contributed by atoms with E-state index in [-0.39, 0.29) is 5.91 Å². The van der Waals surface area contributed by atoms with Crippen molar-refractivity contribution in [2.75, 3.05) is 11.1 Å². The topological polar surface area (TPSA) is 96.5 Å². The van der Waals surface area contributed by atoms with Crippen molar-refractivity contribution in [2.45, 2.75) is 11.6 Å². The van der Waals surface area contributed by atoms with Crippen molar-refractivity contribution < 1.29 is 4.79 Å². The number of thioether (sulfide) groups is 1. The molecular weight excluding hydrogens is 452 g/mol. The Balaban J connectivity index is 1.19. The lowest BCUT2D eigenvalue weighted by Crippen LogP contribution is -2.12. The van der Waals surface area contributed by atoms with Crippen LogP contribution >= 0.6 is 34.7 Å². The zero-order valence-electron chi connectivity index (χ0n) is 16.0. The summed E-state index contributed by atoms with van der Waals surface area (Å²) in [5.74, 6) is 0.411. The summed E-state index contributed by atoms with van der Waals surface area (Å²) in [6.45, 7) is 0. The molecule has 0 aliphatic rings. The van der Waals surface area contributed by atoms with Gasteiger partial charge in [0, 0.05) is 39.0 Å². The van der Waals surface area contributed by atoms with E-state index in [9.17, 15) is 4.79 Å². The molecule has 2 N–H and O–H groups in total. The van der Waals surface area contributed by atoms with Crippen molar-refractivity contribution in [3.05, 3.63) is 58.9 Å². The Kier molecular flexibility index (Phi) is 5.54. The third kappa shape index (κ3) is 4.25.